The topological polar surface area (TPSA) is 91.2 Å². The van der Waals surface area contributed by atoms with Crippen LogP contribution in [0.4, 0.5) is 11.4 Å². The smallest absolute Gasteiger partial charge is 0.227 e. The summed E-state index contributed by atoms with van der Waals surface area (Å²) < 4.78 is 5.68. The number of ether oxygens (including phenoxy) is 1. The van der Waals surface area contributed by atoms with Gasteiger partial charge in [0.1, 0.15) is 19.0 Å². The van der Waals surface area contributed by atoms with E-state index in [1.165, 1.54) is 5.56 Å². The monoisotopic (exact) mass is 474 g/mol. The summed E-state index contributed by atoms with van der Waals surface area (Å²) in [5.74, 6) is 0.910. The molecule has 1 aromatic heterocycles. The number of rotatable bonds is 10. The lowest BCUT2D eigenvalue weighted by Crippen LogP contribution is -2.26. The summed E-state index contributed by atoms with van der Waals surface area (Å²) in [7, 11) is 1.89. The van der Waals surface area contributed by atoms with Crippen LogP contribution in [0.5, 0.6) is 5.75 Å². The number of carbonyl (C=O) groups excluding carboxylic acids is 1. The molecule has 2 aromatic rings. The zero-order chi connectivity index (χ0) is 24.8. The zero-order valence-corrected chi connectivity index (χ0v) is 20.8. The van der Waals surface area contributed by atoms with Crippen LogP contribution in [0, 0.1) is 5.41 Å². The van der Waals surface area contributed by atoms with Gasteiger partial charge in [0.15, 0.2) is 0 Å². The molecule has 0 radical (unpaired) electrons. The molecule has 1 saturated heterocycles. The van der Waals surface area contributed by atoms with Gasteiger partial charge in [-0.1, -0.05) is 19.9 Å². The number of amides is 1. The molecule has 1 aliphatic heterocycles. The highest BCUT2D eigenvalue weighted by Crippen LogP contribution is 2.43. The number of aliphatic imine (C=N–C) groups is 2. The Morgan fingerprint density at radius 1 is 1.29 bits per heavy atom. The molecule has 184 valence electrons. The maximum Gasteiger partial charge on any atom is 0.227 e. The molecule has 0 atom stereocenters. The van der Waals surface area contributed by atoms with Crippen molar-refractivity contribution in [1.29, 1.82) is 0 Å². The molecule has 0 saturated carbocycles. The van der Waals surface area contributed by atoms with Gasteiger partial charge in [0.2, 0.25) is 5.91 Å². The lowest BCUT2D eigenvalue weighted by Gasteiger charge is -2.34. The minimum absolute atomic E-state index is 0.194. The van der Waals surface area contributed by atoms with Crippen molar-refractivity contribution in [3.63, 3.8) is 0 Å². The molecule has 1 aromatic carbocycles. The number of nitrogens with zero attached hydrogens (tertiary/aromatic N) is 4. The highest BCUT2D eigenvalue weighted by Gasteiger charge is 2.33. The minimum Gasteiger partial charge on any atom is -0.491 e. The number of anilines is 2. The molecule has 0 bridgehead atoms. The van der Waals surface area contributed by atoms with Gasteiger partial charge in [0.05, 0.1) is 23.8 Å². The van der Waals surface area contributed by atoms with Crippen molar-refractivity contribution in [1.82, 2.24) is 10.3 Å². The van der Waals surface area contributed by atoms with E-state index >= 15 is 0 Å². The predicted molar refractivity (Wildman–Crippen MR) is 143 cm³/mol. The van der Waals surface area contributed by atoms with E-state index in [4.69, 9.17) is 4.74 Å². The molecule has 35 heavy (non-hydrogen) atoms. The summed E-state index contributed by atoms with van der Waals surface area (Å²) in [5.41, 5.74) is 5.80. The van der Waals surface area contributed by atoms with E-state index < -0.39 is 0 Å². The van der Waals surface area contributed by atoms with E-state index in [9.17, 15) is 4.79 Å². The normalized spacial score (nSPS) is 17.1. The van der Waals surface area contributed by atoms with Crippen molar-refractivity contribution >= 4 is 35.8 Å². The molecular weight excluding hydrogens is 440 g/mol. The molecular formula is C27H34N6O2. The van der Waals surface area contributed by atoms with Gasteiger partial charge < -0.3 is 20.3 Å². The van der Waals surface area contributed by atoms with E-state index in [-0.39, 0.29) is 11.3 Å². The van der Waals surface area contributed by atoms with Gasteiger partial charge in [-0.15, -0.1) is 0 Å². The number of benzene rings is 1. The SMILES string of the molecule is C=NC1=C(/C=N\CNc2cncc(OCCNC)c2)c2ccc(N3CCCC3=O)cc2CC1(C)C. The quantitative estimate of drug-likeness (QED) is 0.402. The first-order chi connectivity index (χ1) is 16.9. The molecule has 8 nitrogen and oxygen atoms in total. The first-order valence-corrected chi connectivity index (χ1v) is 12.0. The summed E-state index contributed by atoms with van der Waals surface area (Å²) in [4.78, 5) is 27.4. The summed E-state index contributed by atoms with van der Waals surface area (Å²) in [6.07, 6.45) is 7.68. The van der Waals surface area contributed by atoms with E-state index in [1.807, 2.05) is 30.3 Å². The van der Waals surface area contributed by atoms with Crippen LogP contribution in [0.2, 0.25) is 0 Å². The van der Waals surface area contributed by atoms with Crippen LogP contribution in [0.1, 0.15) is 37.8 Å². The van der Waals surface area contributed by atoms with Crippen molar-refractivity contribution in [3.05, 3.63) is 53.5 Å². The number of fused-ring (bicyclic) bond motifs is 1. The zero-order valence-electron chi connectivity index (χ0n) is 20.8. The Labute approximate surface area is 207 Å². The second kappa shape index (κ2) is 10.8. The summed E-state index contributed by atoms with van der Waals surface area (Å²) in [5, 5.41) is 6.33. The Balaban J connectivity index is 1.52. The number of hydrogen-bond donors (Lipinski definition) is 2. The Kier molecular flexibility index (Phi) is 7.60. The van der Waals surface area contributed by atoms with E-state index in [1.54, 1.807) is 12.4 Å². The van der Waals surface area contributed by atoms with Crippen LogP contribution in [0.15, 0.2) is 52.3 Å². The molecule has 1 fully saturated rings. The fourth-order valence-electron chi connectivity index (χ4n) is 4.70. The van der Waals surface area contributed by atoms with Crippen LogP contribution in [0.25, 0.3) is 5.57 Å². The van der Waals surface area contributed by atoms with Crippen LogP contribution in [-0.2, 0) is 11.2 Å². The highest BCUT2D eigenvalue weighted by molar-refractivity contribution is 6.12. The molecule has 2 aliphatic rings. The van der Waals surface area contributed by atoms with Crippen LogP contribution < -0.4 is 20.3 Å². The summed E-state index contributed by atoms with van der Waals surface area (Å²) in [6.45, 7) is 10.7. The Morgan fingerprint density at radius 2 is 2.14 bits per heavy atom. The van der Waals surface area contributed by atoms with Crippen molar-refractivity contribution in [2.24, 2.45) is 15.4 Å². The number of likely N-dealkylation sites (N-methyl/N-ethyl adjacent to an activating group) is 1. The maximum absolute atomic E-state index is 12.3. The lowest BCUT2D eigenvalue weighted by atomic mass is 9.73. The number of nitrogens with one attached hydrogen (secondary N) is 2. The van der Waals surface area contributed by atoms with Crippen LogP contribution in [0.3, 0.4) is 0 Å². The molecule has 0 spiro atoms. The van der Waals surface area contributed by atoms with Gasteiger partial charge in [0.25, 0.3) is 0 Å². The molecule has 8 heteroatoms. The molecule has 1 amide bonds. The predicted octanol–water partition coefficient (Wildman–Crippen LogP) is 3.94. The third-order valence-corrected chi connectivity index (χ3v) is 6.38. The van der Waals surface area contributed by atoms with Crippen molar-refractivity contribution in [2.45, 2.75) is 33.1 Å². The Morgan fingerprint density at radius 3 is 2.89 bits per heavy atom. The van der Waals surface area contributed by atoms with Gasteiger partial charge in [-0.25, -0.2) is 0 Å². The average molecular weight is 475 g/mol. The standard InChI is InChI=1S/C27H34N6O2/c1-27(2)14-19-12-21(33-10-5-6-25(33)34)7-8-23(19)24(26(27)29-4)17-31-18-32-20-13-22(16-30-15-20)35-11-9-28-3/h7-8,12-13,15-17,28,32H,4-6,9-11,14,18H2,1-3H3/b31-17-. The van der Waals surface area contributed by atoms with Gasteiger partial charge in [-0.3, -0.25) is 19.8 Å². The third kappa shape index (κ3) is 5.59. The second-order valence-electron chi connectivity index (χ2n) is 9.48. The molecule has 4 rings (SSSR count). The largest absolute Gasteiger partial charge is 0.491 e. The number of hydrogen-bond acceptors (Lipinski definition) is 7. The molecule has 2 heterocycles. The fourth-order valence-corrected chi connectivity index (χ4v) is 4.70. The molecule has 1 aliphatic carbocycles. The van der Waals surface area contributed by atoms with E-state index in [0.29, 0.717) is 25.4 Å². The number of pyridine rings is 1. The Hall–Kier alpha value is -3.52. The van der Waals surface area contributed by atoms with Gasteiger partial charge in [-0.05, 0) is 49.9 Å². The number of aromatic nitrogens is 1. The van der Waals surface area contributed by atoms with Gasteiger partial charge in [-0.2, -0.15) is 0 Å². The third-order valence-electron chi connectivity index (χ3n) is 6.38. The van der Waals surface area contributed by atoms with Crippen molar-refractivity contribution in [3.8, 4) is 5.75 Å². The highest BCUT2D eigenvalue weighted by atomic mass is 16.5. The van der Waals surface area contributed by atoms with Gasteiger partial charge >= 0.3 is 0 Å². The van der Waals surface area contributed by atoms with E-state index in [0.717, 1.165) is 54.1 Å². The van der Waals surface area contributed by atoms with E-state index in [2.05, 4.69) is 58.3 Å². The minimum atomic E-state index is -0.194. The molecule has 2 N–H and O–H groups in total. The first-order valence-electron chi connectivity index (χ1n) is 12.0. The summed E-state index contributed by atoms with van der Waals surface area (Å²) in [6, 6.07) is 8.17. The maximum atomic E-state index is 12.3. The van der Waals surface area contributed by atoms with Crippen molar-refractivity contribution in [2.75, 3.05) is 43.6 Å². The van der Waals surface area contributed by atoms with Crippen LogP contribution in [-0.4, -0.2) is 57.2 Å². The van der Waals surface area contributed by atoms with Crippen molar-refractivity contribution < 1.29 is 9.53 Å². The number of allylic oxidation sites excluding steroid dienone is 2. The Bertz CT molecular complexity index is 1150. The number of carbonyl (C=O) groups is 1. The lowest BCUT2D eigenvalue weighted by molar-refractivity contribution is -0.117. The summed E-state index contributed by atoms with van der Waals surface area (Å²) >= 11 is 0. The van der Waals surface area contributed by atoms with Crippen LogP contribution >= 0.6 is 0 Å². The average Bonchev–Trinajstić information content (AvgIpc) is 3.27. The fraction of sp³-hybridized carbons (Fsp3) is 0.407. The first kappa shape index (κ1) is 24.6. The second-order valence-corrected chi connectivity index (χ2v) is 9.48. The van der Waals surface area contributed by atoms with Gasteiger partial charge in [0, 0.05) is 48.5 Å². The molecule has 0 unspecified atom stereocenters.